The Morgan fingerprint density at radius 3 is 0.859 bits per heavy atom. The number of hydrogen-bond acceptors (Lipinski definition) is 10. The molecule has 0 heterocycles. The predicted molar refractivity (Wildman–Crippen MR) is 307 cm³/mol. The van der Waals surface area contributed by atoms with Crippen molar-refractivity contribution in [2.75, 3.05) is 7.11 Å². The van der Waals surface area contributed by atoms with Crippen molar-refractivity contribution in [2.24, 2.45) is 0 Å². The van der Waals surface area contributed by atoms with Crippen LogP contribution in [0.5, 0.6) is 23.0 Å². The Morgan fingerprint density at radius 1 is 0.282 bits per heavy atom. The third-order valence-electron chi connectivity index (χ3n) is 13.8. The lowest BCUT2D eigenvalue weighted by Crippen LogP contribution is -2.12. The second kappa shape index (κ2) is 30.6. The summed E-state index contributed by atoms with van der Waals surface area (Å²) >= 11 is 0. The normalized spacial score (nSPS) is 10.9. The molecule has 0 fully saturated rings. The minimum atomic E-state index is -0.792. The Morgan fingerprint density at radius 2 is 0.551 bits per heavy atom. The van der Waals surface area contributed by atoms with Crippen molar-refractivity contribution in [1.82, 2.24) is 0 Å². The van der Waals surface area contributed by atoms with Gasteiger partial charge in [-0.25, -0.2) is 24.0 Å². The highest BCUT2D eigenvalue weighted by Crippen LogP contribution is 2.28. The fourth-order valence-corrected chi connectivity index (χ4v) is 9.16. The summed E-state index contributed by atoms with van der Waals surface area (Å²) in [5.41, 5.74) is 7.68. The number of benzene rings is 7. The maximum absolute atomic E-state index is 13.3. The average Bonchev–Trinajstić information content (AvgIpc) is 3.48. The highest BCUT2D eigenvalue weighted by molar-refractivity contribution is 5.96. The van der Waals surface area contributed by atoms with Crippen molar-refractivity contribution in [3.8, 4) is 45.3 Å². The molecule has 7 aromatic carbocycles. The predicted octanol–water partition coefficient (Wildman–Crippen LogP) is 17.1. The molecule has 10 heteroatoms. The number of hydrogen-bond donors (Lipinski definition) is 0. The highest BCUT2D eigenvalue weighted by Gasteiger charge is 2.19. The zero-order chi connectivity index (χ0) is 54.9. The van der Waals surface area contributed by atoms with Crippen molar-refractivity contribution in [3.05, 3.63) is 203 Å². The number of ether oxygens (including phenoxy) is 5. The van der Waals surface area contributed by atoms with Crippen molar-refractivity contribution < 1.29 is 47.7 Å². The van der Waals surface area contributed by atoms with Gasteiger partial charge in [-0.2, -0.15) is 0 Å². The lowest BCUT2D eigenvalue weighted by Gasteiger charge is -2.11. The van der Waals surface area contributed by atoms with Crippen molar-refractivity contribution in [1.29, 1.82) is 0 Å². The smallest absolute Gasteiger partial charge is 0.343 e. The van der Waals surface area contributed by atoms with Crippen molar-refractivity contribution in [3.63, 3.8) is 0 Å². The van der Waals surface area contributed by atoms with Gasteiger partial charge in [0.1, 0.15) is 23.0 Å². The van der Waals surface area contributed by atoms with E-state index in [1.807, 2.05) is 24.3 Å². The van der Waals surface area contributed by atoms with Gasteiger partial charge in [-0.1, -0.05) is 177 Å². The Bertz CT molecular complexity index is 2820. The van der Waals surface area contributed by atoms with E-state index in [4.69, 9.17) is 23.7 Å². The van der Waals surface area contributed by atoms with Gasteiger partial charge < -0.3 is 23.7 Å². The first-order valence-corrected chi connectivity index (χ1v) is 27.8. The van der Waals surface area contributed by atoms with E-state index in [1.54, 1.807) is 24.3 Å². The minimum Gasteiger partial charge on any atom is -0.465 e. The molecule has 0 saturated carbocycles. The fraction of sp³-hybridized carbons (Fsp3) is 0.309. The van der Waals surface area contributed by atoms with Gasteiger partial charge in [0.25, 0.3) is 0 Å². The number of unbranched alkanes of at least 4 members (excludes halogenated alkanes) is 14. The molecule has 0 aliphatic heterocycles. The molecule has 0 radical (unpaired) electrons. The Hall–Kier alpha value is -8.11. The van der Waals surface area contributed by atoms with Crippen LogP contribution in [0.4, 0.5) is 0 Å². The largest absolute Gasteiger partial charge is 0.465 e. The second-order valence-electron chi connectivity index (χ2n) is 19.8. The summed E-state index contributed by atoms with van der Waals surface area (Å²) in [5, 5.41) is 0. The van der Waals surface area contributed by atoms with E-state index in [-0.39, 0.29) is 39.7 Å². The van der Waals surface area contributed by atoms with Gasteiger partial charge in [0.15, 0.2) is 0 Å². The summed E-state index contributed by atoms with van der Waals surface area (Å²) in [5.74, 6) is -3.23. The lowest BCUT2D eigenvalue weighted by molar-refractivity contribution is 0.0593. The zero-order valence-corrected chi connectivity index (χ0v) is 45.4. The quantitative estimate of drug-likeness (QED) is 0.0254. The molecule has 0 N–H and O–H groups in total. The van der Waals surface area contributed by atoms with Gasteiger partial charge in [0.05, 0.1) is 34.9 Å². The molecule has 7 aromatic rings. The van der Waals surface area contributed by atoms with E-state index in [0.717, 1.165) is 35.1 Å². The van der Waals surface area contributed by atoms with Crippen molar-refractivity contribution in [2.45, 2.75) is 129 Å². The van der Waals surface area contributed by atoms with Gasteiger partial charge in [0, 0.05) is 6.07 Å². The number of methoxy groups -OCH3 is 1. The molecule has 0 aliphatic rings. The van der Waals surface area contributed by atoms with Crippen LogP contribution in [0.3, 0.4) is 0 Å². The minimum absolute atomic E-state index is 0.0410. The van der Waals surface area contributed by atoms with Gasteiger partial charge in [-0.3, -0.25) is 0 Å². The molecule has 0 aliphatic carbocycles. The maximum atomic E-state index is 13.3. The molecular formula is C68H72O10. The van der Waals surface area contributed by atoms with Gasteiger partial charge in [0.2, 0.25) is 0 Å². The lowest BCUT2D eigenvalue weighted by atomic mass is 10.00. The monoisotopic (exact) mass is 1050 g/mol. The van der Waals surface area contributed by atoms with Gasteiger partial charge in [-0.05, 0) is 144 Å². The Kier molecular flexibility index (Phi) is 22.6. The molecular weight excluding hydrogens is 977 g/mol. The van der Waals surface area contributed by atoms with Crippen LogP contribution in [0.15, 0.2) is 164 Å². The van der Waals surface area contributed by atoms with Crippen LogP contribution >= 0.6 is 0 Å². The number of esters is 5. The third kappa shape index (κ3) is 18.0. The molecule has 0 atom stereocenters. The summed E-state index contributed by atoms with van der Waals surface area (Å²) in [4.78, 5) is 65.4. The second-order valence-corrected chi connectivity index (χ2v) is 19.8. The molecule has 0 amide bonds. The molecule has 0 saturated heterocycles. The van der Waals surface area contributed by atoms with Crippen LogP contribution in [0.25, 0.3) is 22.3 Å². The first-order chi connectivity index (χ1) is 38.1. The molecule has 0 unspecified atom stereocenters. The van der Waals surface area contributed by atoms with Gasteiger partial charge in [-0.15, -0.1) is 0 Å². The van der Waals surface area contributed by atoms with Crippen LogP contribution in [0.2, 0.25) is 0 Å². The van der Waals surface area contributed by atoms with Crippen LogP contribution in [-0.4, -0.2) is 37.0 Å². The molecule has 0 aromatic heterocycles. The highest BCUT2D eigenvalue weighted by atomic mass is 16.6. The molecule has 0 spiro atoms. The molecule has 0 bridgehead atoms. The average molecular weight is 1050 g/mol. The molecule has 78 heavy (non-hydrogen) atoms. The van der Waals surface area contributed by atoms with E-state index >= 15 is 0 Å². The Labute approximate surface area is 460 Å². The van der Waals surface area contributed by atoms with Crippen molar-refractivity contribution >= 4 is 29.8 Å². The fourth-order valence-electron chi connectivity index (χ4n) is 9.16. The Balaban J connectivity index is 0.866. The molecule has 7 rings (SSSR count). The SMILES string of the molecule is CCCCCCCCCCc1ccc(-c2ccc(C(=O)Oc3ccc(C(=O)Oc4cc(OC(=O)c5ccc(OC(=O)c6ccc(-c7ccc(CCCCCCCCCC)cc7)cc6)cc5)cc(C(=O)OC)c4)cc3)cc2)cc1. The maximum Gasteiger partial charge on any atom is 0.343 e. The van der Waals surface area contributed by atoms with Crippen LogP contribution in [0.1, 0.15) is 179 Å². The van der Waals surface area contributed by atoms with Crippen LogP contribution in [-0.2, 0) is 17.6 Å². The van der Waals surface area contributed by atoms with E-state index in [0.29, 0.717) is 11.1 Å². The van der Waals surface area contributed by atoms with E-state index in [9.17, 15) is 24.0 Å². The summed E-state index contributed by atoms with van der Waals surface area (Å²) in [6, 6.07) is 47.1. The number of carbonyl (C=O) groups is 5. The van der Waals surface area contributed by atoms with E-state index in [1.165, 1.54) is 188 Å². The summed E-state index contributed by atoms with van der Waals surface area (Å²) < 4.78 is 27.3. The number of aryl methyl sites for hydroxylation is 2. The van der Waals surface area contributed by atoms with Crippen LogP contribution in [0, 0.1) is 0 Å². The molecule has 404 valence electrons. The summed E-state index contributed by atoms with van der Waals surface area (Å²) in [6.07, 6.45) is 22.9. The summed E-state index contributed by atoms with van der Waals surface area (Å²) in [6.45, 7) is 4.49. The summed E-state index contributed by atoms with van der Waals surface area (Å²) in [7, 11) is 1.19. The first-order valence-electron chi connectivity index (χ1n) is 27.8. The van der Waals surface area contributed by atoms with E-state index < -0.39 is 29.8 Å². The first kappa shape index (κ1) is 57.6. The van der Waals surface area contributed by atoms with Gasteiger partial charge >= 0.3 is 29.8 Å². The number of rotatable bonds is 29. The topological polar surface area (TPSA) is 132 Å². The molecule has 10 nitrogen and oxygen atoms in total. The third-order valence-corrected chi connectivity index (χ3v) is 13.8. The standard InChI is InChI=1S/C68H72O10/c1-4-6-8-10-12-14-16-18-20-49-22-26-51(27-23-49)53-30-34-55(35-31-53)65(70)75-60-42-38-57(39-43-60)67(72)77-62-46-59(64(69)74-3)47-63(48-62)78-68(73)58-40-44-61(45-41-58)76-66(71)56-36-32-54(33-37-56)52-28-24-50(25-29-52)21-19-17-15-13-11-9-7-5-2/h22-48H,4-21H2,1-3H3. The number of carbonyl (C=O) groups excluding carboxylic acids is 5. The van der Waals surface area contributed by atoms with E-state index in [2.05, 4.69) is 62.4 Å². The zero-order valence-electron chi connectivity index (χ0n) is 45.4. The van der Waals surface area contributed by atoms with Crippen LogP contribution < -0.4 is 18.9 Å².